The largest absolute Gasteiger partial charge is 0.409 e. The average Bonchev–Trinajstić information content (AvgIpc) is 2.40. The van der Waals surface area contributed by atoms with Crippen LogP contribution in [0.2, 0.25) is 18.1 Å². The van der Waals surface area contributed by atoms with Crippen LogP contribution in [0.15, 0.2) is 22.7 Å². The maximum Gasteiger partial charge on any atom is 0.192 e. The van der Waals surface area contributed by atoms with E-state index in [0.717, 1.165) is 10.9 Å². The molecule has 0 aromatic rings. The van der Waals surface area contributed by atoms with Gasteiger partial charge in [-0.25, -0.2) is 0 Å². The van der Waals surface area contributed by atoms with Crippen LogP contribution in [-0.4, -0.2) is 14.4 Å². The molecule has 0 bridgehead atoms. The van der Waals surface area contributed by atoms with Crippen molar-refractivity contribution in [1.29, 1.82) is 0 Å². The Hall–Kier alpha value is 0.137. The zero-order valence-corrected chi connectivity index (χ0v) is 15.4. The number of halogens is 1. The third-order valence-corrected chi connectivity index (χ3v) is 9.27. The van der Waals surface area contributed by atoms with Crippen molar-refractivity contribution in [2.24, 2.45) is 5.41 Å². The molecular formula is C15H27BrOSi. The maximum atomic E-state index is 6.63. The lowest BCUT2D eigenvalue weighted by molar-refractivity contribution is 0.108. The van der Waals surface area contributed by atoms with Crippen molar-refractivity contribution in [1.82, 2.24) is 0 Å². The molecule has 1 nitrogen and oxygen atoms in total. The molecule has 1 aliphatic carbocycles. The highest BCUT2D eigenvalue weighted by Crippen LogP contribution is 2.47. The van der Waals surface area contributed by atoms with E-state index in [2.05, 4.69) is 76.3 Å². The average molecular weight is 331 g/mol. The van der Waals surface area contributed by atoms with Gasteiger partial charge in [-0.05, 0) is 35.5 Å². The molecule has 0 heterocycles. The molecule has 0 radical (unpaired) electrons. The summed E-state index contributed by atoms with van der Waals surface area (Å²) in [6, 6.07) is 0. The molecular weight excluding hydrogens is 304 g/mol. The van der Waals surface area contributed by atoms with E-state index < -0.39 is 8.32 Å². The second kappa shape index (κ2) is 4.91. The zero-order valence-electron chi connectivity index (χ0n) is 12.9. The van der Waals surface area contributed by atoms with Crippen LogP contribution in [0, 0.1) is 5.41 Å². The van der Waals surface area contributed by atoms with Gasteiger partial charge >= 0.3 is 0 Å². The lowest BCUT2D eigenvalue weighted by Crippen LogP contribution is -2.47. The summed E-state index contributed by atoms with van der Waals surface area (Å²) in [6.07, 6.45) is 3.51. The Balaban J connectivity index is 3.00. The van der Waals surface area contributed by atoms with Crippen LogP contribution in [0.3, 0.4) is 0 Å². The minimum atomic E-state index is -1.75. The fraction of sp³-hybridized carbons (Fsp3) is 0.733. The molecule has 1 aliphatic rings. The molecule has 0 aliphatic heterocycles. The number of rotatable bonds is 3. The quantitative estimate of drug-likeness (QED) is 0.608. The summed E-state index contributed by atoms with van der Waals surface area (Å²) in [7, 11) is -1.75. The standard InChI is InChI=1S/C15H27BrOSi/c1-11(16)12-9-10-15(5,6)13(12)17-18(7,8)14(2,3)4/h9,13H,1,10H2,2-8H3. The fourth-order valence-corrected chi connectivity index (χ4v) is 3.71. The van der Waals surface area contributed by atoms with Crippen molar-refractivity contribution in [2.75, 3.05) is 0 Å². The molecule has 0 saturated carbocycles. The Morgan fingerprint density at radius 3 is 2.33 bits per heavy atom. The highest BCUT2D eigenvalue weighted by Gasteiger charge is 2.45. The molecule has 0 aromatic carbocycles. The highest BCUT2D eigenvalue weighted by molar-refractivity contribution is 9.11. The summed E-state index contributed by atoms with van der Waals surface area (Å²) in [5, 5.41) is 0.241. The smallest absolute Gasteiger partial charge is 0.192 e. The predicted molar refractivity (Wildman–Crippen MR) is 86.6 cm³/mol. The summed E-state index contributed by atoms with van der Waals surface area (Å²) in [5.41, 5.74) is 1.41. The van der Waals surface area contributed by atoms with E-state index in [-0.39, 0.29) is 16.6 Å². The molecule has 0 aromatic heterocycles. The molecule has 0 saturated heterocycles. The van der Waals surface area contributed by atoms with E-state index in [0.29, 0.717) is 0 Å². The van der Waals surface area contributed by atoms with Gasteiger partial charge in [-0.2, -0.15) is 0 Å². The minimum Gasteiger partial charge on any atom is -0.409 e. The Bertz CT molecular complexity index is 374. The van der Waals surface area contributed by atoms with Crippen LogP contribution in [0.1, 0.15) is 41.0 Å². The molecule has 0 amide bonds. The number of hydrogen-bond donors (Lipinski definition) is 0. The van der Waals surface area contributed by atoms with Crippen molar-refractivity contribution >= 4 is 24.2 Å². The first-order valence-corrected chi connectivity index (χ1v) is 10.3. The first-order valence-electron chi connectivity index (χ1n) is 6.61. The monoisotopic (exact) mass is 330 g/mol. The van der Waals surface area contributed by atoms with E-state index in [1.165, 1.54) is 5.57 Å². The molecule has 18 heavy (non-hydrogen) atoms. The van der Waals surface area contributed by atoms with Crippen molar-refractivity contribution in [3.8, 4) is 0 Å². The van der Waals surface area contributed by atoms with E-state index in [1.54, 1.807) is 0 Å². The number of hydrogen-bond acceptors (Lipinski definition) is 1. The Kier molecular flexibility index (Phi) is 4.42. The first kappa shape index (κ1) is 16.2. The van der Waals surface area contributed by atoms with Crippen LogP contribution in [0.5, 0.6) is 0 Å². The van der Waals surface area contributed by atoms with Crippen molar-refractivity contribution in [3.05, 3.63) is 22.7 Å². The summed E-state index contributed by atoms with van der Waals surface area (Å²) in [5.74, 6) is 0. The summed E-state index contributed by atoms with van der Waals surface area (Å²) in [4.78, 5) is 0. The van der Waals surface area contributed by atoms with E-state index in [4.69, 9.17) is 4.43 Å². The summed E-state index contributed by atoms with van der Waals surface area (Å²) >= 11 is 3.52. The zero-order chi connectivity index (χ0) is 14.4. The van der Waals surface area contributed by atoms with Gasteiger partial charge in [0.1, 0.15) is 0 Å². The van der Waals surface area contributed by atoms with Crippen molar-refractivity contribution in [3.63, 3.8) is 0 Å². The molecule has 1 rings (SSSR count). The van der Waals surface area contributed by atoms with Gasteiger partial charge in [0, 0.05) is 4.48 Å². The molecule has 0 fully saturated rings. The fourth-order valence-electron chi connectivity index (χ4n) is 1.96. The Morgan fingerprint density at radius 2 is 1.94 bits per heavy atom. The second-order valence-corrected chi connectivity index (χ2v) is 13.2. The van der Waals surface area contributed by atoms with Gasteiger partial charge in [0.15, 0.2) is 8.32 Å². The van der Waals surface area contributed by atoms with Crippen molar-refractivity contribution < 1.29 is 4.43 Å². The van der Waals surface area contributed by atoms with Crippen LogP contribution in [0.25, 0.3) is 0 Å². The normalized spacial score (nSPS) is 24.0. The first-order chi connectivity index (χ1) is 7.88. The van der Waals surface area contributed by atoms with Gasteiger partial charge in [-0.1, -0.05) is 63.2 Å². The van der Waals surface area contributed by atoms with Crippen molar-refractivity contribution in [2.45, 2.75) is 65.3 Å². The lowest BCUT2D eigenvalue weighted by atomic mass is 9.87. The summed E-state index contributed by atoms with van der Waals surface area (Å²) in [6.45, 7) is 20.1. The van der Waals surface area contributed by atoms with Crippen LogP contribution >= 0.6 is 15.9 Å². The highest BCUT2D eigenvalue weighted by atomic mass is 79.9. The Morgan fingerprint density at radius 1 is 1.44 bits per heavy atom. The molecule has 1 unspecified atom stereocenters. The van der Waals surface area contributed by atoms with Gasteiger partial charge < -0.3 is 4.43 Å². The second-order valence-electron chi connectivity index (χ2n) is 7.52. The minimum absolute atomic E-state index is 0.168. The third kappa shape index (κ3) is 3.17. The van der Waals surface area contributed by atoms with Gasteiger partial charge in [0.25, 0.3) is 0 Å². The van der Waals surface area contributed by atoms with Crippen LogP contribution in [-0.2, 0) is 4.43 Å². The molecule has 104 valence electrons. The third-order valence-electron chi connectivity index (χ3n) is 4.37. The molecule has 0 spiro atoms. The topological polar surface area (TPSA) is 9.23 Å². The molecule has 3 heteroatoms. The predicted octanol–water partition coefficient (Wildman–Crippen LogP) is 5.64. The van der Waals surface area contributed by atoms with Gasteiger partial charge in [0.2, 0.25) is 0 Å². The van der Waals surface area contributed by atoms with Gasteiger partial charge in [-0.3, -0.25) is 0 Å². The summed E-state index contributed by atoms with van der Waals surface area (Å²) < 4.78 is 7.60. The SMILES string of the molecule is C=C(Br)C1=CCC(C)(C)C1O[Si](C)(C)C(C)(C)C. The van der Waals surface area contributed by atoms with Crippen LogP contribution < -0.4 is 0 Å². The van der Waals surface area contributed by atoms with E-state index >= 15 is 0 Å². The van der Waals surface area contributed by atoms with Gasteiger partial charge in [0.05, 0.1) is 6.10 Å². The van der Waals surface area contributed by atoms with E-state index in [9.17, 15) is 0 Å². The Labute approximate surface area is 122 Å². The number of allylic oxidation sites excluding steroid dienone is 1. The maximum absolute atomic E-state index is 6.63. The lowest BCUT2D eigenvalue weighted by Gasteiger charge is -2.42. The molecule has 0 N–H and O–H groups in total. The van der Waals surface area contributed by atoms with Gasteiger partial charge in [-0.15, -0.1) is 0 Å². The van der Waals surface area contributed by atoms with Crippen LogP contribution in [0.4, 0.5) is 0 Å². The molecule has 1 atom stereocenters. The van der Waals surface area contributed by atoms with E-state index in [1.807, 2.05) is 0 Å².